The van der Waals surface area contributed by atoms with E-state index in [1.165, 1.54) is 26.0 Å². The Hall–Kier alpha value is -2.10. The van der Waals surface area contributed by atoms with Gasteiger partial charge in [-0.3, -0.25) is 5.22 Å². The number of hydrazine groups is 1. The first-order valence-corrected chi connectivity index (χ1v) is 12.4. The molecule has 0 heterocycles. The predicted octanol–water partition coefficient (Wildman–Crippen LogP) is 3.26. The first-order valence-electron chi connectivity index (χ1n) is 10.9. The summed E-state index contributed by atoms with van der Waals surface area (Å²) in [6.45, 7) is 8.18. The van der Waals surface area contributed by atoms with Gasteiger partial charge in [-0.25, -0.2) is 15.1 Å². The van der Waals surface area contributed by atoms with E-state index in [0.29, 0.717) is 33.2 Å². The number of nitrogens with zero attached hydrogens (tertiary/aromatic N) is 3. The van der Waals surface area contributed by atoms with Crippen LogP contribution in [-0.4, -0.2) is 47.1 Å². The SMILES string of the molecule is CC(C)(Oc1ccc(Cl)cc1Cl)C(=O)O.CCOC(=O)C(C)(C)Oc1ccc(Cl)cc1Cl.CO.[N-]=NNNN=O.[Na+]. The Morgan fingerprint density at radius 2 is 1.29 bits per heavy atom. The molecular weight excluding hydrogens is 639 g/mol. The number of esters is 1. The Balaban J connectivity index is -0.000000552. The molecule has 0 saturated heterocycles. The van der Waals surface area contributed by atoms with Crippen LogP contribution >= 0.6 is 46.4 Å². The number of nitroso groups, excluding NO2 is 1. The van der Waals surface area contributed by atoms with Gasteiger partial charge >= 0.3 is 41.5 Å². The molecule has 0 saturated carbocycles. The first-order chi connectivity index (χ1) is 18.6. The van der Waals surface area contributed by atoms with Crippen molar-refractivity contribution in [3.63, 3.8) is 0 Å². The molecule has 0 atom stereocenters. The molecule has 0 amide bonds. The van der Waals surface area contributed by atoms with E-state index in [1.54, 1.807) is 56.1 Å². The van der Waals surface area contributed by atoms with Crippen molar-refractivity contribution in [2.24, 2.45) is 10.5 Å². The number of aliphatic hydroxyl groups is 1. The minimum atomic E-state index is -1.32. The molecule has 0 radical (unpaired) electrons. The third kappa shape index (κ3) is 18.1. The first kappa shape index (κ1) is 43.4. The van der Waals surface area contributed by atoms with Crippen LogP contribution in [0.15, 0.2) is 46.9 Å². The van der Waals surface area contributed by atoms with E-state index in [-0.39, 0.29) is 34.6 Å². The maximum absolute atomic E-state index is 11.6. The molecule has 2 aromatic rings. The molecule has 0 aliphatic carbocycles. The number of carboxylic acids is 1. The molecule has 0 aliphatic heterocycles. The van der Waals surface area contributed by atoms with Crippen molar-refractivity contribution in [2.75, 3.05) is 13.7 Å². The second-order valence-corrected chi connectivity index (χ2v) is 9.50. The van der Waals surface area contributed by atoms with Crippen molar-refractivity contribution in [2.45, 2.75) is 45.8 Å². The number of hydrogen-bond donors (Lipinski definition) is 4. The smallest absolute Gasteiger partial charge is 0.478 e. The largest absolute Gasteiger partial charge is 1.00 e. The minimum Gasteiger partial charge on any atom is -0.478 e. The zero-order chi connectivity index (χ0) is 31.5. The number of nitrogens with one attached hydrogen (secondary N) is 2. The van der Waals surface area contributed by atoms with Crippen molar-refractivity contribution < 1.29 is 63.6 Å². The Kier molecular flexibility index (Phi) is 23.8. The minimum absolute atomic E-state index is 0. The van der Waals surface area contributed by atoms with E-state index in [0.717, 1.165) is 7.11 Å². The second-order valence-electron chi connectivity index (χ2n) is 7.81. The number of rotatable bonds is 10. The number of carbonyl (C=O) groups excluding carboxylic acids is 1. The summed E-state index contributed by atoms with van der Waals surface area (Å²) in [7, 11) is 1.00. The molecule has 0 fully saturated rings. The summed E-state index contributed by atoms with van der Waals surface area (Å²) in [5.74, 6) is -0.804. The van der Waals surface area contributed by atoms with E-state index >= 15 is 0 Å². The standard InChI is InChI=1S/C12H14Cl2O3.C10H10Cl2O3.CH4O.H2N5O.Na/c1-4-16-11(15)12(2,3)17-10-6-5-8(13)7-9(10)14;1-10(2,9(13)14)15-8-4-3-6(11)5-7(8)12;1-2;1-2-3-4-5-6;/h5-7H,4H2,1-3H3;3-5H,1-2H3,(H,13,14);2H,1H3;(H2-,1,2,3,4,5,6);/q;;;-1;+1. The molecule has 0 bridgehead atoms. The number of hydrogen-bond acceptors (Lipinski definition) is 9. The summed E-state index contributed by atoms with van der Waals surface area (Å²) in [6, 6.07) is 9.43. The van der Waals surface area contributed by atoms with Crippen molar-refractivity contribution >= 4 is 58.3 Å². The molecule has 224 valence electrons. The molecule has 18 heteroatoms. The van der Waals surface area contributed by atoms with Gasteiger partial charge in [-0.2, -0.15) is 0 Å². The van der Waals surface area contributed by atoms with Crippen LogP contribution in [0.1, 0.15) is 34.6 Å². The van der Waals surface area contributed by atoms with E-state index in [1.807, 2.05) is 0 Å². The van der Waals surface area contributed by atoms with Gasteiger partial charge in [-0.1, -0.05) is 46.4 Å². The van der Waals surface area contributed by atoms with Crippen LogP contribution in [0.25, 0.3) is 5.53 Å². The van der Waals surface area contributed by atoms with Gasteiger partial charge in [0.1, 0.15) is 11.5 Å². The summed E-state index contributed by atoms with van der Waals surface area (Å²) in [5, 5.41) is 21.8. The van der Waals surface area contributed by atoms with Crippen molar-refractivity contribution in [3.05, 3.63) is 66.9 Å². The molecule has 0 aromatic heterocycles. The van der Waals surface area contributed by atoms with E-state index in [4.69, 9.17) is 81.3 Å². The zero-order valence-corrected chi connectivity index (χ0v) is 28.4. The molecule has 0 spiro atoms. The predicted molar refractivity (Wildman–Crippen MR) is 153 cm³/mol. The van der Waals surface area contributed by atoms with Crippen LogP contribution in [0.3, 0.4) is 0 Å². The number of halogens is 4. The summed E-state index contributed by atoms with van der Waals surface area (Å²) in [5.41, 5.74) is 8.29. The summed E-state index contributed by atoms with van der Waals surface area (Å²) < 4.78 is 15.7. The van der Waals surface area contributed by atoms with E-state index in [2.05, 4.69) is 10.5 Å². The second kappa shape index (κ2) is 22.5. The van der Waals surface area contributed by atoms with Gasteiger partial charge in [0.15, 0.2) is 11.2 Å². The van der Waals surface area contributed by atoms with Crippen LogP contribution in [0.4, 0.5) is 0 Å². The van der Waals surface area contributed by atoms with Crippen LogP contribution in [0.2, 0.25) is 20.1 Å². The molecule has 2 rings (SSSR count). The Labute approximate surface area is 279 Å². The van der Waals surface area contributed by atoms with Gasteiger partial charge in [0.2, 0.25) is 0 Å². The topological polar surface area (TPSA) is 190 Å². The van der Waals surface area contributed by atoms with Gasteiger partial charge in [-0.15, -0.1) is 4.91 Å². The molecular formula is C23H30Cl4N5NaO8. The van der Waals surface area contributed by atoms with Crippen LogP contribution in [-0.2, 0) is 14.3 Å². The van der Waals surface area contributed by atoms with E-state index in [9.17, 15) is 9.59 Å². The third-order valence-electron chi connectivity index (χ3n) is 3.95. The molecule has 41 heavy (non-hydrogen) atoms. The van der Waals surface area contributed by atoms with Crippen molar-refractivity contribution in [1.29, 1.82) is 0 Å². The Morgan fingerprint density at radius 1 is 0.878 bits per heavy atom. The average Bonchev–Trinajstić information content (AvgIpc) is 2.88. The summed E-state index contributed by atoms with van der Waals surface area (Å²) >= 11 is 23.3. The van der Waals surface area contributed by atoms with Crippen LogP contribution in [0, 0.1) is 4.91 Å². The normalized spacial score (nSPS) is 9.73. The van der Waals surface area contributed by atoms with Crippen molar-refractivity contribution in [1.82, 2.24) is 11.1 Å². The van der Waals surface area contributed by atoms with Gasteiger partial charge in [0, 0.05) is 17.2 Å². The molecule has 0 unspecified atom stereocenters. The van der Waals surface area contributed by atoms with Crippen LogP contribution in [0.5, 0.6) is 11.5 Å². The fourth-order valence-corrected chi connectivity index (χ4v) is 2.99. The molecule has 13 nitrogen and oxygen atoms in total. The van der Waals surface area contributed by atoms with Gasteiger partial charge in [-0.05, 0) is 71.0 Å². The van der Waals surface area contributed by atoms with Crippen molar-refractivity contribution in [3.8, 4) is 11.5 Å². The molecule has 0 aliphatic rings. The number of carboxylic acid groups (broad SMARTS) is 1. The number of aliphatic carboxylic acids is 1. The number of carbonyl (C=O) groups is 2. The molecule has 4 N–H and O–H groups in total. The quantitative estimate of drug-likeness (QED) is 0.0730. The monoisotopic (exact) mass is 667 g/mol. The third-order valence-corrected chi connectivity index (χ3v) is 5.01. The average molecular weight is 669 g/mol. The summed E-state index contributed by atoms with van der Waals surface area (Å²) in [6.07, 6.45) is 0. The zero-order valence-electron chi connectivity index (χ0n) is 23.4. The Bertz CT molecular complexity index is 1110. The maximum atomic E-state index is 11.6. The van der Waals surface area contributed by atoms with Gasteiger partial charge < -0.3 is 35.5 Å². The summed E-state index contributed by atoms with van der Waals surface area (Å²) in [4.78, 5) is 31.4. The fraction of sp³-hybridized carbons (Fsp3) is 0.391. The number of benzene rings is 2. The number of ether oxygens (including phenoxy) is 3. The van der Waals surface area contributed by atoms with Gasteiger partial charge in [0.05, 0.1) is 21.9 Å². The maximum Gasteiger partial charge on any atom is 1.00 e. The van der Waals surface area contributed by atoms with E-state index < -0.39 is 23.1 Å². The Morgan fingerprint density at radius 3 is 1.59 bits per heavy atom. The fourth-order valence-electron chi connectivity index (χ4n) is 2.10. The van der Waals surface area contributed by atoms with Crippen LogP contribution < -0.4 is 50.1 Å². The molecule has 2 aromatic carbocycles. The number of aliphatic hydroxyl groups excluding tert-OH is 1. The van der Waals surface area contributed by atoms with Gasteiger partial charge in [0.25, 0.3) is 0 Å².